The van der Waals surface area contributed by atoms with Crippen molar-refractivity contribution in [1.82, 2.24) is 4.90 Å². The Morgan fingerprint density at radius 3 is 2.38 bits per heavy atom. The van der Waals surface area contributed by atoms with Gasteiger partial charge in [0.05, 0.1) is 0 Å². The average Bonchev–Trinajstić information content (AvgIpc) is 2.78. The third-order valence-electron chi connectivity index (χ3n) is 2.73. The summed E-state index contributed by atoms with van der Waals surface area (Å²) in [5.41, 5.74) is 0. The molecule has 0 aliphatic carbocycles. The zero-order valence-electron chi connectivity index (χ0n) is 11.7. The minimum atomic E-state index is -0.503. The highest BCUT2D eigenvalue weighted by Gasteiger charge is 2.22. The summed E-state index contributed by atoms with van der Waals surface area (Å²) in [7, 11) is 0. The first-order valence-electron chi connectivity index (χ1n) is 6.44. The third kappa shape index (κ3) is 6.44. The molecule has 0 aromatic heterocycles. The molecule has 7 nitrogen and oxygen atoms in total. The monoisotopic (exact) mass is 315 g/mol. The molecule has 0 radical (unpaired) electrons. The van der Waals surface area contributed by atoms with Crippen LogP contribution in [0.4, 0.5) is 4.79 Å². The molecule has 0 aromatic carbocycles. The maximum Gasteiger partial charge on any atom is 0.369 e. The first-order valence-corrected chi connectivity index (χ1v) is 7.67. The molecule has 0 spiro atoms. The van der Waals surface area contributed by atoms with Crippen molar-refractivity contribution in [3.05, 3.63) is 12.2 Å². The second kappa shape index (κ2) is 9.17. The Bertz CT molecular complexity index is 430. The van der Waals surface area contributed by atoms with Crippen LogP contribution in [0, 0.1) is 0 Å². The van der Waals surface area contributed by atoms with E-state index in [-0.39, 0.29) is 25.0 Å². The van der Waals surface area contributed by atoms with Crippen LogP contribution in [-0.4, -0.2) is 47.6 Å². The van der Waals surface area contributed by atoms with E-state index < -0.39 is 11.3 Å². The van der Waals surface area contributed by atoms with Gasteiger partial charge in [0.1, 0.15) is 0 Å². The highest BCUT2D eigenvalue weighted by atomic mass is 32.2. The van der Waals surface area contributed by atoms with Gasteiger partial charge in [0.25, 0.3) is 11.8 Å². The lowest BCUT2D eigenvalue weighted by molar-refractivity contribution is -0.151. The van der Waals surface area contributed by atoms with Gasteiger partial charge >= 0.3 is 11.3 Å². The molecule has 1 aliphatic rings. The van der Waals surface area contributed by atoms with Crippen LogP contribution >= 0.6 is 11.8 Å². The summed E-state index contributed by atoms with van der Waals surface area (Å²) in [6.45, 7) is -0.0218. The topological polar surface area (TPSA) is 90.0 Å². The number of carbonyl (C=O) groups is 4. The first-order chi connectivity index (χ1) is 10.0. The number of amides is 2. The van der Waals surface area contributed by atoms with Gasteiger partial charge in [-0.1, -0.05) is 6.42 Å². The number of esters is 1. The van der Waals surface area contributed by atoms with Gasteiger partial charge in [-0.3, -0.25) is 19.3 Å². The van der Waals surface area contributed by atoms with Gasteiger partial charge in [-0.25, -0.2) is 4.79 Å². The quantitative estimate of drug-likeness (QED) is 0.290. The molecule has 21 heavy (non-hydrogen) atoms. The number of carbonyl (C=O) groups excluding carboxylic acids is 4. The van der Waals surface area contributed by atoms with Gasteiger partial charge in [0.15, 0.2) is 0 Å². The van der Waals surface area contributed by atoms with Crippen LogP contribution in [0.15, 0.2) is 12.2 Å². The number of ether oxygens (including phenoxy) is 2. The van der Waals surface area contributed by atoms with Gasteiger partial charge < -0.3 is 9.47 Å². The van der Waals surface area contributed by atoms with Crippen molar-refractivity contribution in [2.75, 3.05) is 19.6 Å². The molecule has 1 aliphatic heterocycles. The Hall–Kier alpha value is -1.83. The van der Waals surface area contributed by atoms with Gasteiger partial charge in [-0.05, 0) is 30.9 Å². The summed E-state index contributed by atoms with van der Waals surface area (Å²) in [5.74, 6) is -1.04. The van der Waals surface area contributed by atoms with E-state index >= 15 is 0 Å². The Labute approximate surface area is 126 Å². The first kappa shape index (κ1) is 17.2. The van der Waals surface area contributed by atoms with E-state index in [1.54, 1.807) is 6.26 Å². The molecule has 0 N–H and O–H groups in total. The Balaban J connectivity index is 2.01. The second-order valence-electron chi connectivity index (χ2n) is 4.20. The van der Waals surface area contributed by atoms with Crippen molar-refractivity contribution in [2.45, 2.75) is 25.7 Å². The Morgan fingerprint density at radius 1 is 1.10 bits per heavy atom. The molecule has 0 fully saturated rings. The van der Waals surface area contributed by atoms with Crippen molar-refractivity contribution in [3.63, 3.8) is 0 Å². The predicted molar refractivity (Wildman–Crippen MR) is 75.3 cm³/mol. The normalized spacial score (nSPS) is 13.7. The van der Waals surface area contributed by atoms with E-state index in [0.717, 1.165) is 11.8 Å². The van der Waals surface area contributed by atoms with Crippen molar-refractivity contribution >= 4 is 34.8 Å². The van der Waals surface area contributed by atoms with Crippen LogP contribution in [0.25, 0.3) is 0 Å². The third-order valence-corrected chi connectivity index (χ3v) is 3.18. The van der Waals surface area contributed by atoms with E-state index in [4.69, 9.17) is 4.74 Å². The Morgan fingerprint density at radius 2 is 1.76 bits per heavy atom. The van der Waals surface area contributed by atoms with Crippen molar-refractivity contribution < 1.29 is 28.7 Å². The average molecular weight is 315 g/mol. The summed E-state index contributed by atoms with van der Waals surface area (Å²) < 4.78 is 9.28. The minimum absolute atomic E-state index is 0.205. The molecule has 1 rings (SSSR count). The molecular weight excluding hydrogens is 298 g/mol. The number of rotatable bonds is 8. The van der Waals surface area contributed by atoms with Crippen LogP contribution in [-0.2, 0) is 23.9 Å². The number of imide groups is 1. The summed E-state index contributed by atoms with van der Waals surface area (Å²) in [5, 5.41) is -0.503. The molecule has 2 amide bonds. The van der Waals surface area contributed by atoms with E-state index in [9.17, 15) is 19.2 Å². The van der Waals surface area contributed by atoms with Crippen LogP contribution < -0.4 is 0 Å². The van der Waals surface area contributed by atoms with E-state index in [1.807, 2.05) is 0 Å². The maximum atomic E-state index is 11.3. The minimum Gasteiger partial charge on any atom is -0.428 e. The van der Waals surface area contributed by atoms with Crippen molar-refractivity contribution in [3.8, 4) is 0 Å². The highest BCUT2D eigenvalue weighted by molar-refractivity contribution is 8.12. The lowest BCUT2D eigenvalue weighted by Crippen LogP contribution is -2.30. The van der Waals surface area contributed by atoms with Crippen LogP contribution in [0.3, 0.4) is 0 Å². The molecule has 8 heteroatoms. The number of nitrogens with zero attached hydrogens (tertiary/aromatic N) is 1. The number of unbranched alkanes of at least 4 members (excludes halogenated alkanes) is 2. The molecular formula is C13H17NO6S. The van der Waals surface area contributed by atoms with Gasteiger partial charge in [0.2, 0.25) is 6.79 Å². The van der Waals surface area contributed by atoms with Crippen LogP contribution in [0.1, 0.15) is 25.7 Å². The zero-order valence-corrected chi connectivity index (χ0v) is 12.5. The van der Waals surface area contributed by atoms with Crippen LogP contribution in [0.2, 0.25) is 0 Å². The summed E-state index contributed by atoms with van der Waals surface area (Å²) in [6, 6.07) is 0. The van der Waals surface area contributed by atoms with Crippen molar-refractivity contribution in [2.24, 2.45) is 0 Å². The summed E-state index contributed by atoms with van der Waals surface area (Å²) in [6.07, 6.45) is 6.17. The van der Waals surface area contributed by atoms with Gasteiger partial charge in [0, 0.05) is 25.1 Å². The molecule has 1 heterocycles. The molecule has 0 atom stereocenters. The van der Waals surface area contributed by atoms with Crippen molar-refractivity contribution in [1.29, 1.82) is 0 Å². The van der Waals surface area contributed by atoms with Crippen LogP contribution in [0.5, 0.6) is 0 Å². The van der Waals surface area contributed by atoms with Gasteiger partial charge in [-0.2, -0.15) is 0 Å². The highest BCUT2D eigenvalue weighted by Crippen LogP contribution is 2.08. The fraction of sp³-hybridized carbons (Fsp3) is 0.538. The standard InChI is InChI=1S/C13H17NO6S/c1-21-13(18)20-9-19-12(17)5-3-2-4-8-14-10(15)6-7-11(14)16/h6-7H,2-5,8-9H2,1H3. The zero-order chi connectivity index (χ0) is 15.7. The van der Waals surface area contributed by atoms with E-state index in [0.29, 0.717) is 25.8 Å². The maximum absolute atomic E-state index is 11.3. The largest absolute Gasteiger partial charge is 0.428 e. The molecule has 0 unspecified atom stereocenters. The fourth-order valence-corrected chi connectivity index (χ4v) is 1.81. The predicted octanol–water partition coefficient (Wildman–Crippen LogP) is 1.47. The molecule has 0 saturated carbocycles. The SMILES string of the molecule is CSC(=O)OCOC(=O)CCCCCN1C(=O)C=CC1=O. The fourth-order valence-electron chi connectivity index (χ4n) is 1.64. The van der Waals surface area contributed by atoms with E-state index in [2.05, 4.69) is 4.74 Å². The smallest absolute Gasteiger partial charge is 0.369 e. The summed E-state index contributed by atoms with van der Waals surface area (Å²) >= 11 is 0.896. The molecule has 0 bridgehead atoms. The lowest BCUT2D eigenvalue weighted by Gasteiger charge is -2.12. The molecule has 116 valence electrons. The lowest BCUT2D eigenvalue weighted by atomic mass is 10.2. The second-order valence-corrected chi connectivity index (χ2v) is 4.95. The Kier molecular flexibility index (Phi) is 7.52. The number of hydrogen-bond acceptors (Lipinski definition) is 7. The van der Waals surface area contributed by atoms with E-state index in [1.165, 1.54) is 17.1 Å². The summed E-state index contributed by atoms with van der Waals surface area (Å²) in [4.78, 5) is 45.7. The number of thioether (sulfide) groups is 1. The molecule has 0 saturated heterocycles. The molecule has 0 aromatic rings. The number of hydrogen-bond donors (Lipinski definition) is 0. The van der Waals surface area contributed by atoms with Gasteiger partial charge in [-0.15, -0.1) is 0 Å².